The van der Waals surface area contributed by atoms with Gasteiger partial charge in [-0.2, -0.15) is 0 Å². The molecular formula is C9H21N3OS. The van der Waals surface area contributed by atoms with Crippen LogP contribution in [0.15, 0.2) is 4.99 Å². The zero-order chi connectivity index (χ0) is 11.0. The first-order valence-electron chi connectivity index (χ1n) is 4.86. The molecule has 0 saturated carbocycles. The van der Waals surface area contributed by atoms with Gasteiger partial charge in [0.1, 0.15) is 0 Å². The van der Waals surface area contributed by atoms with Crippen LogP contribution in [0.3, 0.4) is 0 Å². The molecule has 0 heterocycles. The third-order valence-corrected chi connectivity index (χ3v) is 2.41. The van der Waals surface area contributed by atoms with Gasteiger partial charge in [-0.3, -0.25) is 9.20 Å². The van der Waals surface area contributed by atoms with Gasteiger partial charge in [0.15, 0.2) is 5.96 Å². The average molecular weight is 219 g/mol. The van der Waals surface area contributed by atoms with Crippen molar-refractivity contribution >= 4 is 16.8 Å². The number of nitrogens with zero attached hydrogens (tertiary/aromatic N) is 1. The molecule has 0 fully saturated rings. The van der Waals surface area contributed by atoms with Crippen molar-refractivity contribution in [2.45, 2.75) is 20.3 Å². The van der Waals surface area contributed by atoms with Crippen LogP contribution in [0.4, 0.5) is 0 Å². The smallest absolute Gasteiger partial charge is 0.188 e. The van der Waals surface area contributed by atoms with Crippen LogP contribution in [-0.4, -0.2) is 35.3 Å². The average Bonchev–Trinajstić information content (AvgIpc) is 2.08. The molecule has 0 aromatic heterocycles. The second kappa shape index (κ2) is 7.79. The van der Waals surface area contributed by atoms with Gasteiger partial charge in [0.2, 0.25) is 0 Å². The maximum absolute atomic E-state index is 10.7. The lowest BCUT2D eigenvalue weighted by Crippen LogP contribution is -2.33. The standard InChI is InChI=1S/C9H21N3OS/c1-8(2)7-12-9(10)11-5-4-6-14(3)13/h8H,4-7H2,1-3H3,(H3,10,11,12). The van der Waals surface area contributed by atoms with Crippen LogP contribution in [0.2, 0.25) is 0 Å². The number of guanidine groups is 1. The molecule has 0 aromatic carbocycles. The molecule has 0 bridgehead atoms. The van der Waals surface area contributed by atoms with Gasteiger partial charge < -0.3 is 11.1 Å². The molecule has 0 aromatic rings. The van der Waals surface area contributed by atoms with E-state index in [1.54, 1.807) is 6.26 Å². The van der Waals surface area contributed by atoms with Crippen LogP contribution < -0.4 is 11.1 Å². The van der Waals surface area contributed by atoms with E-state index in [9.17, 15) is 4.21 Å². The molecule has 3 N–H and O–H groups in total. The summed E-state index contributed by atoms with van der Waals surface area (Å²) in [6, 6.07) is 0. The molecule has 0 saturated heterocycles. The second-order valence-corrected chi connectivity index (χ2v) is 5.23. The quantitative estimate of drug-likeness (QED) is 0.384. The van der Waals surface area contributed by atoms with E-state index < -0.39 is 10.8 Å². The zero-order valence-electron chi connectivity index (χ0n) is 9.25. The largest absolute Gasteiger partial charge is 0.370 e. The van der Waals surface area contributed by atoms with Gasteiger partial charge >= 0.3 is 0 Å². The normalized spacial score (nSPS) is 14.4. The Morgan fingerprint density at radius 2 is 2.21 bits per heavy atom. The molecule has 4 nitrogen and oxygen atoms in total. The summed E-state index contributed by atoms with van der Waals surface area (Å²) in [5.41, 5.74) is 5.60. The molecule has 0 aliphatic heterocycles. The summed E-state index contributed by atoms with van der Waals surface area (Å²) in [4.78, 5) is 4.15. The van der Waals surface area contributed by atoms with Gasteiger partial charge in [-0.1, -0.05) is 13.8 Å². The molecule has 1 unspecified atom stereocenters. The first kappa shape index (κ1) is 13.4. The third-order valence-electron chi connectivity index (χ3n) is 1.54. The Morgan fingerprint density at radius 1 is 1.57 bits per heavy atom. The van der Waals surface area contributed by atoms with Crippen molar-refractivity contribution in [2.75, 3.05) is 25.1 Å². The van der Waals surface area contributed by atoms with Crippen molar-refractivity contribution < 1.29 is 4.21 Å². The van der Waals surface area contributed by atoms with Gasteiger partial charge in [-0.05, 0) is 12.3 Å². The van der Waals surface area contributed by atoms with Crippen LogP contribution in [0.25, 0.3) is 0 Å². The Bertz CT molecular complexity index is 204. The topological polar surface area (TPSA) is 67.5 Å². The summed E-state index contributed by atoms with van der Waals surface area (Å²) in [5.74, 6) is 1.73. The van der Waals surface area contributed by atoms with Crippen molar-refractivity contribution in [3.8, 4) is 0 Å². The van der Waals surface area contributed by atoms with Crippen molar-refractivity contribution in [2.24, 2.45) is 16.6 Å². The minimum absolute atomic E-state index is 0.487. The molecule has 0 radical (unpaired) electrons. The number of nitrogens with two attached hydrogens (primary N) is 1. The van der Waals surface area contributed by atoms with Crippen molar-refractivity contribution in [1.29, 1.82) is 0 Å². The highest BCUT2D eigenvalue weighted by Crippen LogP contribution is 1.90. The van der Waals surface area contributed by atoms with Crippen molar-refractivity contribution in [3.63, 3.8) is 0 Å². The minimum Gasteiger partial charge on any atom is -0.370 e. The first-order valence-corrected chi connectivity index (χ1v) is 6.59. The monoisotopic (exact) mass is 219 g/mol. The Kier molecular flexibility index (Phi) is 7.47. The summed E-state index contributed by atoms with van der Waals surface area (Å²) in [5, 5.41) is 2.99. The number of rotatable bonds is 6. The number of nitrogens with one attached hydrogen (secondary N) is 1. The Morgan fingerprint density at radius 3 is 2.71 bits per heavy atom. The highest BCUT2D eigenvalue weighted by atomic mass is 32.2. The zero-order valence-corrected chi connectivity index (χ0v) is 10.1. The highest BCUT2D eigenvalue weighted by Gasteiger charge is 1.95. The van der Waals surface area contributed by atoms with Crippen LogP contribution >= 0.6 is 0 Å². The first-order chi connectivity index (χ1) is 6.52. The minimum atomic E-state index is -0.712. The van der Waals surface area contributed by atoms with Crippen LogP contribution in [0.5, 0.6) is 0 Å². The fourth-order valence-corrected chi connectivity index (χ4v) is 1.38. The van der Waals surface area contributed by atoms with E-state index in [0.29, 0.717) is 17.6 Å². The van der Waals surface area contributed by atoms with Gasteiger partial charge in [-0.25, -0.2) is 0 Å². The SMILES string of the molecule is CC(C)CN=C(N)NCCCS(C)=O. The molecule has 0 rings (SSSR count). The fourth-order valence-electron chi connectivity index (χ4n) is 0.829. The number of aliphatic imine (C=N–C) groups is 1. The van der Waals surface area contributed by atoms with Gasteiger partial charge in [0.25, 0.3) is 0 Å². The Balaban J connectivity index is 3.48. The predicted octanol–water partition coefficient (Wildman–Crippen LogP) is 0.315. The summed E-state index contributed by atoms with van der Waals surface area (Å²) < 4.78 is 10.7. The lowest BCUT2D eigenvalue weighted by Gasteiger charge is -2.05. The van der Waals surface area contributed by atoms with Gasteiger partial charge in [0.05, 0.1) is 0 Å². The van der Waals surface area contributed by atoms with Crippen LogP contribution in [0.1, 0.15) is 20.3 Å². The van der Waals surface area contributed by atoms with Gasteiger partial charge in [0, 0.05) is 35.9 Å². The van der Waals surface area contributed by atoms with E-state index in [0.717, 1.165) is 19.5 Å². The molecule has 14 heavy (non-hydrogen) atoms. The van der Waals surface area contributed by atoms with Crippen LogP contribution in [0, 0.1) is 5.92 Å². The second-order valence-electron chi connectivity index (χ2n) is 3.68. The summed E-state index contributed by atoms with van der Waals surface area (Å²) in [6.07, 6.45) is 2.57. The molecule has 5 heteroatoms. The molecule has 84 valence electrons. The Hall–Kier alpha value is -0.580. The van der Waals surface area contributed by atoms with E-state index >= 15 is 0 Å². The van der Waals surface area contributed by atoms with E-state index in [4.69, 9.17) is 5.73 Å². The van der Waals surface area contributed by atoms with E-state index in [2.05, 4.69) is 24.2 Å². The van der Waals surface area contributed by atoms with Gasteiger partial charge in [-0.15, -0.1) is 0 Å². The highest BCUT2D eigenvalue weighted by molar-refractivity contribution is 7.84. The molecule has 0 aliphatic carbocycles. The summed E-state index contributed by atoms with van der Waals surface area (Å²) >= 11 is 0. The molecule has 0 amide bonds. The lowest BCUT2D eigenvalue weighted by molar-refractivity contribution is 0.660. The van der Waals surface area contributed by atoms with E-state index in [1.807, 2.05) is 0 Å². The number of hydrogen-bond acceptors (Lipinski definition) is 2. The molecule has 1 atom stereocenters. The van der Waals surface area contributed by atoms with Crippen molar-refractivity contribution in [3.05, 3.63) is 0 Å². The number of hydrogen-bond donors (Lipinski definition) is 2. The predicted molar refractivity (Wildman–Crippen MR) is 62.9 cm³/mol. The lowest BCUT2D eigenvalue weighted by atomic mass is 10.2. The fraction of sp³-hybridized carbons (Fsp3) is 0.889. The molecule has 0 spiro atoms. The van der Waals surface area contributed by atoms with Crippen molar-refractivity contribution in [1.82, 2.24) is 5.32 Å². The van der Waals surface area contributed by atoms with E-state index in [-0.39, 0.29) is 0 Å². The summed E-state index contributed by atoms with van der Waals surface area (Å²) in [6.45, 7) is 5.68. The third kappa shape index (κ3) is 9.51. The Labute approximate surface area is 88.8 Å². The summed E-state index contributed by atoms with van der Waals surface area (Å²) in [7, 11) is -0.712. The van der Waals surface area contributed by atoms with E-state index in [1.165, 1.54) is 0 Å². The maximum atomic E-state index is 10.7. The molecular weight excluding hydrogens is 198 g/mol. The van der Waals surface area contributed by atoms with Crippen LogP contribution in [-0.2, 0) is 10.8 Å². The maximum Gasteiger partial charge on any atom is 0.188 e. The molecule has 0 aliphatic rings.